The molecule has 1 spiro atoms. The number of fused-ring (bicyclic) bond motifs is 2. The number of aromatic nitrogens is 1. The highest BCUT2D eigenvalue weighted by Gasteiger charge is 2.43. The van der Waals surface area contributed by atoms with Crippen molar-refractivity contribution in [3.63, 3.8) is 0 Å². The summed E-state index contributed by atoms with van der Waals surface area (Å²) in [5.41, 5.74) is 4.28. The van der Waals surface area contributed by atoms with Gasteiger partial charge in [0.2, 0.25) is 0 Å². The number of rotatable bonds is 1. The minimum Gasteiger partial charge on any atom is -0.486 e. The predicted octanol–water partition coefficient (Wildman–Crippen LogP) is 4.45. The van der Waals surface area contributed by atoms with Crippen molar-refractivity contribution in [2.24, 2.45) is 0 Å². The Morgan fingerprint density at radius 2 is 1.81 bits per heavy atom. The Hall–Kier alpha value is -2.82. The number of piperidine rings is 1. The van der Waals surface area contributed by atoms with Crippen LogP contribution in [0.1, 0.15) is 40.7 Å². The highest BCUT2D eigenvalue weighted by molar-refractivity contribution is 6.00. The number of nitrogens with zero attached hydrogens (tertiary/aromatic N) is 2. The second-order valence-corrected chi connectivity index (χ2v) is 7.77. The van der Waals surface area contributed by atoms with E-state index in [1.165, 1.54) is 0 Å². The summed E-state index contributed by atoms with van der Waals surface area (Å²) < 4.78 is 12.3. The van der Waals surface area contributed by atoms with Crippen LogP contribution in [-0.2, 0) is 0 Å². The maximum Gasteiger partial charge on any atom is 0.298 e. The molecule has 0 unspecified atom stereocenters. The Kier molecular flexibility index (Phi) is 3.54. The lowest BCUT2D eigenvalue weighted by molar-refractivity contribution is 0.0226. The van der Waals surface area contributed by atoms with E-state index in [4.69, 9.17) is 9.15 Å². The van der Waals surface area contributed by atoms with Crippen LogP contribution in [0.15, 0.2) is 40.8 Å². The van der Waals surface area contributed by atoms with Crippen LogP contribution in [0, 0.1) is 13.8 Å². The van der Waals surface area contributed by atoms with Gasteiger partial charge in [0, 0.05) is 25.9 Å². The van der Waals surface area contributed by atoms with Gasteiger partial charge in [0.25, 0.3) is 6.01 Å². The van der Waals surface area contributed by atoms with Crippen molar-refractivity contribution in [3.8, 4) is 5.75 Å². The molecule has 0 N–H and O–H groups in total. The summed E-state index contributed by atoms with van der Waals surface area (Å²) in [6, 6.07) is 12.4. The Morgan fingerprint density at radius 1 is 1.07 bits per heavy atom. The topological polar surface area (TPSA) is 55.6 Å². The van der Waals surface area contributed by atoms with Crippen molar-refractivity contribution in [2.45, 2.75) is 38.7 Å². The third-order valence-electron chi connectivity index (χ3n) is 5.93. The van der Waals surface area contributed by atoms with Gasteiger partial charge >= 0.3 is 0 Å². The Bertz CT molecular complexity index is 1010. The molecule has 1 fully saturated rings. The Morgan fingerprint density at radius 3 is 2.59 bits per heavy atom. The lowest BCUT2D eigenvalue weighted by Gasteiger charge is -2.43. The first-order chi connectivity index (χ1) is 13.0. The first-order valence-electron chi connectivity index (χ1n) is 9.47. The van der Waals surface area contributed by atoms with E-state index in [1.807, 2.05) is 43.3 Å². The van der Waals surface area contributed by atoms with Gasteiger partial charge in [0.15, 0.2) is 11.4 Å². The zero-order chi connectivity index (χ0) is 18.6. The first-order valence-corrected chi connectivity index (χ1v) is 9.47. The molecule has 3 heterocycles. The molecule has 1 saturated heterocycles. The first kappa shape index (κ1) is 16.4. The van der Waals surface area contributed by atoms with E-state index in [9.17, 15) is 4.79 Å². The number of ether oxygens (including phenoxy) is 1. The molecular weight excluding hydrogens is 340 g/mol. The van der Waals surface area contributed by atoms with Gasteiger partial charge in [-0.3, -0.25) is 4.79 Å². The summed E-state index contributed by atoms with van der Waals surface area (Å²) in [7, 11) is 0. The van der Waals surface area contributed by atoms with Crippen LogP contribution in [-0.4, -0.2) is 29.5 Å². The quantitative estimate of drug-likeness (QED) is 0.640. The van der Waals surface area contributed by atoms with Crippen LogP contribution in [0.4, 0.5) is 6.01 Å². The van der Waals surface area contributed by atoms with Crippen molar-refractivity contribution in [2.75, 3.05) is 18.0 Å². The molecule has 2 aromatic carbocycles. The molecule has 2 aliphatic heterocycles. The number of carbonyl (C=O) groups excluding carboxylic acids is 1. The lowest BCUT2D eigenvalue weighted by Crippen LogP contribution is -2.51. The van der Waals surface area contributed by atoms with Crippen molar-refractivity contribution < 1.29 is 13.9 Å². The number of carbonyl (C=O) groups is 1. The van der Waals surface area contributed by atoms with Gasteiger partial charge in [-0.2, -0.15) is 4.98 Å². The zero-order valence-corrected chi connectivity index (χ0v) is 15.6. The third kappa shape index (κ3) is 2.69. The minimum absolute atomic E-state index is 0.190. The number of anilines is 1. The highest BCUT2D eigenvalue weighted by Crippen LogP contribution is 2.41. The number of ketones is 1. The van der Waals surface area contributed by atoms with Gasteiger partial charge in [0.1, 0.15) is 16.9 Å². The fraction of sp³-hybridized carbons (Fsp3) is 0.364. The average Bonchev–Trinajstić information content (AvgIpc) is 3.08. The molecule has 0 bridgehead atoms. The van der Waals surface area contributed by atoms with Gasteiger partial charge in [-0.15, -0.1) is 0 Å². The van der Waals surface area contributed by atoms with Gasteiger partial charge in [-0.25, -0.2) is 0 Å². The molecule has 27 heavy (non-hydrogen) atoms. The van der Waals surface area contributed by atoms with Crippen molar-refractivity contribution in [1.29, 1.82) is 0 Å². The molecule has 3 aromatic rings. The molecule has 0 aliphatic carbocycles. The van der Waals surface area contributed by atoms with E-state index >= 15 is 0 Å². The SMILES string of the molecule is Cc1cc2c(cc1C)C(=O)CC1(CCN(c3nc4ccccc4o3)CC1)O2. The fourth-order valence-electron chi connectivity index (χ4n) is 4.13. The molecule has 0 atom stereocenters. The molecule has 5 heteroatoms. The van der Waals surface area contributed by atoms with Crippen molar-refractivity contribution >= 4 is 22.9 Å². The smallest absolute Gasteiger partial charge is 0.298 e. The minimum atomic E-state index is -0.408. The second-order valence-electron chi connectivity index (χ2n) is 7.77. The monoisotopic (exact) mass is 362 g/mol. The van der Waals surface area contributed by atoms with E-state index < -0.39 is 5.60 Å². The van der Waals surface area contributed by atoms with Gasteiger partial charge < -0.3 is 14.1 Å². The second kappa shape index (κ2) is 5.84. The maximum atomic E-state index is 12.8. The number of Topliss-reactive ketones (excluding diaryl/α,β-unsaturated/α-hetero) is 1. The summed E-state index contributed by atoms with van der Waals surface area (Å²) in [5.74, 6) is 0.930. The lowest BCUT2D eigenvalue weighted by atomic mass is 9.82. The number of para-hydroxylation sites is 2. The maximum absolute atomic E-state index is 12.8. The normalized spacial score (nSPS) is 18.6. The predicted molar refractivity (Wildman–Crippen MR) is 104 cm³/mol. The van der Waals surface area contributed by atoms with E-state index in [1.54, 1.807) is 0 Å². The molecule has 5 rings (SSSR count). The van der Waals surface area contributed by atoms with Crippen LogP contribution in [0.25, 0.3) is 11.1 Å². The van der Waals surface area contributed by atoms with Crippen LogP contribution >= 0.6 is 0 Å². The summed E-state index contributed by atoms with van der Waals surface area (Å²) in [5, 5.41) is 0. The van der Waals surface area contributed by atoms with Crippen LogP contribution < -0.4 is 9.64 Å². The van der Waals surface area contributed by atoms with E-state index in [0.717, 1.165) is 59.5 Å². The van der Waals surface area contributed by atoms with Gasteiger partial charge in [-0.1, -0.05) is 12.1 Å². The largest absolute Gasteiger partial charge is 0.486 e. The number of benzene rings is 2. The van der Waals surface area contributed by atoms with E-state index in [2.05, 4.69) is 16.8 Å². The van der Waals surface area contributed by atoms with Crippen molar-refractivity contribution in [1.82, 2.24) is 4.98 Å². The number of oxazole rings is 1. The Labute approximate surface area is 157 Å². The van der Waals surface area contributed by atoms with E-state index in [-0.39, 0.29) is 5.78 Å². The molecule has 138 valence electrons. The van der Waals surface area contributed by atoms with E-state index in [0.29, 0.717) is 12.4 Å². The third-order valence-corrected chi connectivity index (χ3v) is 5.93. The summed E-state index contributed by atoms with van der Waals surface area (Å²) in [4.78, 5) is 19.5. The summed E-state index contributed by atoms with van der Waals surface area (Å²) >= 11 is 0. The molecule has 2 aliphatic rings. The number of hydrogen-bond donors (Lipinski definition) is 0. The standard InChI is InChI=1S/C22H22N2O3/c1-14-11-16-18(25)13-22(27-20(16)12-15(14)2)7-9-24(10-8-22)21-23-17-5-3-4-6-19(17)26-21/h3-6,11-12H,7-10,13H2,1-2H3. The number of aryl methyl sites for hydroxylation is 2. The number of hydrogen-bond acceptors (Lipinski definition) is 5. The zero-order valence-electron chi connectivity index (χ0n) is 15.6. The molecule has 0 saturated carbocycles. The molecule has 0 amide bonds. The summed E-state index contributed by atoms with van der Waals surface area (Å²) in [6.07, 6.45) is 2.01. The molecule has 1 aromatic heterocycles. The molecule has 5 nitrogen and oxygen atoms in total. The van der Waals surface area contributed by atoms with Crippen LogP contribution in [0.2, 0.25) is 0 Å². The molecular formula is C22H22N2O3. The fourth-order valence-corrected chi connectivity index (χ4v) is 4.13. The highest BCUT2D eigenvalue weighted by atomic mass is 16.5. The van der Waals surface area contributed by atoms with Crippen LogP contribution in [0.3, 0.4) is 0 Å². The molecule has 0 radical (unpaired) electrons. The average molecular weight is 362 g/mol. The van der Waals surface area contributed by atoms with Gasteiger partial charge in [-0.05, 0) is 49.2 Å². The Balaban J connectivity index is 1.38. The summed E-state index contributed by atoms with van der Waals surface area (Å²) in [6.45, 7) is 5.62. The van der Waals surface area contributed by atoms with Crippen LogP contribution in [0.5, 0.6) is 5.75 Å². The van der Waals surface area contributed by atoms with Gasteiger partial charge in [0.05, 0.1) is 12.0 Å². The van der Waals surface area contributed by atoms with Crippen molar-refractivity contribution in [3.05, 3.63) is 53.1 Å².